The van der Waals surface area contributed by atoms with Crippen molar-refractivity contribution < 1.29 is 8.78 Å². The van der Waals surface area contributed by atoms with E-state index in [1.807, 2.05) is 25.1 Å². The third-order valence-electron chi connectivity index (χ3n) is 3.18. The van der Waals surface area contributed by atoms with Gasteiger partial charge in [-0.1, -0.05) is 29.8 Å². The Kier molecular flexibility index (Phi) is 4.27. The lowest BCUT2D eigenvalue weighted by molar-refractivity contribution is 0.548. The number of hydrogen-bond donors (Lipinski definition) is 1. The van der Waals surface area contributed by atoms with Crippen LogP contribution in [0.2, 0.25) is 0 Å². The summed E-state index contributed by atoms with van der Waals surface area (Å²) in [7, 11) is 0. The van der Waals surface area contributed by atoms with Crippen LogP contribution < -0.4 is 5.73 Å². The molecule has 0 aromatic heterocycles. The molecule has 0 spiro atoms. The lowest BCUT2D eigenvalue weighted by Gasteiger charge is -2.13. The molecule has 0 heterocycles. The molecular weight excluding hydrogens is 244 g/mol. The first-order valence-electron chi connectivity index (χ1n) is 6.32. The van der Waals surface area contributed by atoms with Crippen molar-refractivity contribution in [2.45, 2.75) is 25.8 Å². The Bertz CT molecular complexity index is 566. The van der Waals surface area contributed by atoms with Gasteiger partial charge in [0.1, 0.15) is 11.6 Å². The summed E-state index contributed by atoms with van der Waals surface area (Å²) in [4.78, 5) is 0. The molecule has 1 unspecified atom stereocenters. The minimum atomic E-state index is -0.490. The van der Waals surface area contributed by atoms with Crippen LogP contribution in [0.3, 0.4) is 0 Å². The molecule has 1 atom stereocenters. The fourth-order valence-corrected chi connectivity index (χ4v) is 2.14. The van der Waals surface area contributed by atoms with E-state index in [9.17, 15) is 8.78 Å². The van der Waals surface area contributed by atoms with Gasteiger partial charge in [0.2, 0.25) is 0 Å². The van der Waals surface area contributed by atoms with E-state index in [0.29, 0.717) is 6.42 Å². The maximum atomic E-state index is 13.6. The zero-order valence-electron chi connectivity index (χ0n) is 10.9. The van der Waals surface area contributed by atoms with Gasteiger partial charge in [-0.2, -0.15) is 0 Å². The highest BCUT2D eigenvalue weighted by molar-refractivity contribution is 5.24. The van der Waals surface area contributed by atoms with Crippen molar-refractivity contribution in [3.8, 4) is 0 Å². The number of halogens is 2. The van der Waals surface area contributed by atoms with Crippen molar-refractivity contribution in [1.82, 2.24) is 0 Å². The quantitative estimate of drug-likeness (QED) is 0.887. The van der Waals surface area contributed by atoms with Crippen LogP contribution in [0.1, 0.15) is 29.2 Å². The van der Waals surface area contributed by atoms with Crippen molar-refractivity contribution in [2.24, 2.45) is 5.73 Å². The van der Waals surface area contributed by atoms with E-state index in [2.05, 4.69) is 6.07 Å². The van der Waals surface area contributed by atoms with Gasteiger partial charge in [-0.25, -0.2) is 8.78 Å². The second kappa shape index (κ2) is 5.93. The topological polar surface area (TPSA) is 26.0 Å². The van der Waals surface area contributed by atoms with Gasteiger partial charge in [-0.3, -0.25) is 0 Å². The fraction of sp³-hybridized carbons (Fsp3) is 0.250. The molecule has 2 aromatic carbocycles. The van der Waals surface area contributed by atoms with E-state index in [0.717, 1.165) is 24.1 Å². The van der Waals surface area contributed by atoms with Crippen LogP contribution in [0.4, 0.5) is 8.78 Å². The molecule has 0 aliphatic heterocycles. The number of hydrogen-bond acceptors (Lipinski definition) is 1. The number of rotatable bonds is 4. The number of benzene rings is 2. The Morgan fingerprint density at radius 3 is 2.63 bits per heavy atom. The minimum absolute atomic E-state index is 0.243. The summed E-state index contributed by atoms with van der Waals surface area (Å²) in [6.45, 7) is 2.02. The summed E-state index contributed by atoms with van der Waals surface area (Å²) in [5.41, 5.74) is 8.53. The van der Waals surface area contributed by atoms with Crippen LogP contribution in [0.15, 0.2) is 42.5 Å². The van der Waals surface area contributed by atoms with Gasteiger partial charge < -0.3 is 5.73 Å². The molecule has 19 heavy (non-hydrogen) atoms. The highest BCUT2D eigenvalue weighted by Crippen LogP contribution is 2.21. The van der Waals surface area contributed by atoms with Crippen LogP contribution in [-0.2, 0) is 6.42 Å². The fourth-order valence-electron chi connectivity index (χ4n) is 2.14. The molecule has 2 N–H and O–H groups in total. The SMILES string of the molecule is Cc1cccc(CCC(N)c2cc(F)ccc2F)c1. The molecule has 0 aliphatic carbocycles. The van der Waals surface area contributed by atoms with Crippen molar-refractivity contribution >= 4 is 0 Å². The first kappa shape index (κ1) is 13.7. The van der Waals surface area contributed by atoms with E-state index in [-0.39, 0.29) is 5.56 Å². The van der Waals surface area contributed by atoms with Gasteiger partial charge in [-0.05, 0) is 43.5 Å². The van der Waals surface area contributed by atoms with Crippen molar-refractivity contribution in [1.29, 1.82) is 0 Å². The molecule has 0 aliphatic rings. The molecular formula is C16H17F2N. The first-order valence-corrected chi connectivity index (χ1v) is 6.32. The summed E-state index contributed by atoms with van der Waals surface area (Å²) >= 11 is 0. The maximum Gasteiger partial charge on any atom is 0.128 e. The third-order valence-corrected chi connectivity index (χ3v) is 3.18. The summed E-state index contributed by atoms with van der Waals surface area (Å²) in [5.74, 6) is -0.902. The van der Waals surface area contributed by atoms with Crippen molar-refractivity contribution in [3.05, 3.63) is 70.8 Å². The lowest BCUT2D eigenvalue weighted by atomic mass is 9.98. The Morgan fingerprint density at radius 1 is 1.11 bits per heavy atom. The largest absolute Gasteiger partial charge is 0.324 e. The highest BCUT2D eigenvalue weighted by Gasteiger charge is 2.12. The molecule has 0 saturated heterocycles. The summed E-state index contributed by atoms with van der Waals surface area (Å²) < 4.78 is 26.7. The lowest BCUT2D eigenvalue weighted by Crippen LogP contribution is -2.13. The van der Waals surface area contributed by atoms with Crippen LogP contribution in [0, 0.1) is 18.6 Å². The van der Waals surface area contributed by atoms with Gasteiger partial charge in [0.15, 0.2) is 0 Å². The van der Waals surface area contributed by atoms with Crippen LogP contribution in [-0.4, -0.2) is 0 Å². The standard InChI is InChI=1S/C16H17F2N/c1-11-3-2-4-12(9-11)5-8-16(19)14-10-13(17)6-7-15(14)18/h2-4,6-7,9-10,16H,5,8,19H2,1H3. The van der Waals surface area contributed by atoms with Crippen molar-refractivity contribution in [3.63, 3.8) is 0 Å². The molecule has 1 nitrogen and oxygen atoms in total. The minimum Gasteiger partial charge on any atom is -0.324 e. The van der Waals surface area contributed by atoms with Gasteiger partial charge in [-0.15, -0.1) is 0 Å². The molecule has 0 radical (unpaired) electrons. The van der Waals surface area contributed by atoms with Crippen molar-refractivity contribution in [2.75, 3.05) is 0 Å². The second-order valence-corrected chi connectivity index (χ2v) is 4.80. The predicted molar refractivity (Wildman–Crippen MR) is 72.8 cm³/mol. The van der Waals surface area contributed by atoms with E-state index < -0.39 is 17.7 Å². The molecule has 100 valence electrons. The molecule has 0 saturated carbocycles. The zero-order valence-corrected chi connectivity index (χ0v) is 10.9. The Morgan fingerprint density at radius 2 is 1.89 bits per heavy atom. The average molecular weight is 261 g/mol. The first-order chi connectivity index (χ1) is 9.06. The number of nitrogens with two attached hydrogens (primary N) is 1. The van der Waals surface area contributed by atoms with Crippen LogP contribution in [0.5, 0.6) is 0 Å². The molecule has 0 bridgehead atoms. The highest BCUT2D eigenvalue weighted by atomic mass is 19.1. The Balaban J connectivity index is 2.05. The number of aryl methyl sites for hydroxylation is 2. The predicted octanol–water partition coefficient (Wildman–Crippen LogP) is 3.91. The molecule has 2 rings (SSSR count). The maximum absolute atomic E-state index is 13.6. The summed E-state index contributed by atoms with van der Waals surface area (Å²) in [6, 6.07) is 11.0. The third kappa shape index (κ3) is 3.61. The average Bonchev–Trinajstić information content (AvgIpc) is 2.39. The Labute approximate surface area is 112 Å². The van der Waals surface area contributed by atoms with Gasteiger partial charge in [0, 0.05) is 11.6 Å². The van der Waals surface area contributed by atoms with Gasteiger partial charge >= 0.3 is 0 Å². The van der Waals surface area contributed by atoms with Gasteiger partial charge in [0.25, 0.3) is 0 Å². The molecule has 0 fully saturated rings. The second-order valence-electron chi connectivity index (χ2n) is 4.80. The summed E-state index contributed by atoms with van der Waals surface area (Å²) in [5, 5.41) is 0. The van der Waals surface area contributed by atoms with Crippen LogP contribution >= 0.6 is 0 Å². The smallest absolute Gasteiger partial charge is 0.128 e. The molecule has 2 aromatic rings. The summed E-state index contributed by atoms with van der Waals surface area (Å²) in [6.07, 6.45) is 1.34. The van der Waals surface area contributed by atoms with E-state index >= 15 is 0 Å². The van der Waals surface area contributed by atoms with E-state index in [1.54, 1.807) is 0 Å². The molecule has 3 heteroatoms. The normalized spacial score (nSPS) is 12.4. The zero-order chi connectivity index (χ0) is 13.8. The molecule has 0 amide bonds. The van der Waals surface area contributed by atoms with E-state index in [1.165, 1.54) is 11.6 Å². The van der Waals surface area contributed by atoms with E-state index in [4.69, 9.17) is 5.73 Å². The monoisotopic (exact) mass is 261 g/mol. The van der Waals surface area contributed by atoms with Crippen LogP contribution in [0.25, 0.3) is 0 Å². The Hall–Kier alpha value is -1.74. The van der Waals surface area contributed by atoms with Gasteiger partial charge in [0.05, 0.1) is 0 Å².